The molecular formula is C15H21NO. The lowest BCUT2D eigenvalue weighted by atomic mass is 9.78. The number of benzene rings is 1. The zero-order valence-corrected chi connectivity index (χ0v) is 10.4. The van der Waals surface area contributed by atoms with Gasteiger partial charge >= 0.3 is 0 Å². The van der Waals surface area contributed by atoms with E-state index in [4.69, 9.17) is 5.11 Å². The average molecular weight is 231 g/mol. The minimum atomic E-state index is 0.146. The Morgan fingerprint density at radius 1 is 1.00 bits per heavy atom. The van der Waals surface area contributed by atoms with Crippen LogP contribution in [0.2, 0.25) is 0 Å². The van der Waals surface area contributed by atoms with Crippen LogP contribution in [-0.4, -0.2) is 23.1 Å². The fraction of sp³-hybridized carbons (Fsp3) is 0.600. The van der Waals surface area contributed by atoms with E-state index in [2.05, 4.69) is 17.0 Å². The standard InChI is InChI=1S/C15H21NO/c17-10-14-5-3-13(4-6-14)9-16-11-15(12-16)7-1-2-8-15/h3-6,17H,1-2,7-12H2. The molecule has 2 heteroatoms. The van der Waals surface area contributed by atoms with Crippen molar-refractivity contribution in [3.05, 3.63) is 35.4 Å². The molecule has 1 saturated heterocycles. The van der Waals surface area contributed by atoms with Gasteiger partial charge in [-0.2, -0.15) is 0 Å². The number of likely N-dealkylation sites (tertiary alicyclic amines) is 1. The van der Waals surface area contributed by atoms with Crippen LogP contribution in [0.25, 0.3) is 0 Å². The summed E-state index contributed by atoms with van der Waals surface area (Å²) >= 11 is 0. The molecule has 92 valence electrons. The summed E-state index contributed by atoms with van der Waals surface area (Å²) in [6.07, 6.45) is 5.79. The Hall–Kier alpha value is -0.860. The highest BCUT2D eigenvalue weighted by atomic mass is 16.3. The van der Waals surface area contributed by atoms with Crippen LogP contribution in [0.5, 0.6) is 0 Å². The van der Waals surface area contributed by atoms with E-state index in [-0.39, 0.29) is 6.61 Å². The highest BCUT2D eigenvalue weighted by molar-refractivity contribution is 5.22. The van der Waals surface area contributed by atoms with Crippen LogP contribution in [0.15, 0.2) is 24.3 Å². The molecule has 3 rings (SSSR count). The number of nitrogens with zero attached hydrogens (tertiary/aromatic N) is 1. The van der Waals surface area contributed by atoms with Gasteiger partial charge in [0, 0.05) is 19.6 Å². The van der Waals surface area contributed by atoms with Crippen molar-refractivity contribution in [2.75, 3.05) is 13.1 Å². The number of aliphatic hydroxyl groups is 1. The first kappa shape index (κ1) is 11.2. The first-order chi connectivity index (χ1) is 8.30. The fourth-order valence-corrected chi connectivity index (χ4v) is 3.46. The Labute approximate surface area is 103 Å². The maximum atomic E-state index is 9.00. The van der Waals surface area contributed by atoms with Crippen LogP contribution in [0.1, 0.15) is 36.8 Å². The molecule has 1 aliphatic heterocycles. The van der Waals surface area contributed by atoms with E-state index in [1.54, 1.807) is 0 Å². The molecule has 1 aliphatic carbocycles. The van der Waals surface area contributed by atoms with Crippen molar-refractivity contribution < 1.29 is 5.11 Å². The number of hydrogen-bond donors (Lipinski definition) is 1. The van der Waals surface area contributed by atoms with E-state index in [0.29, 0.717) is 5.41 Å². The Kier molecular flexibility index (Phi) is 2.93. The normalized spacial score (nSPS) is 22.9. The van der Waals surface area contributed by atoms with Crippen molar-refractivity contribution in [3.8, 4) is 0 Å². The molecule has 0 aromatic heterocycles. The monoisotopic (exact) mass is 231 g/mol. The number of aliphatic hydroxyl groups excluding tert-OH is 1. The molecule has 2 aliphatic rings. The van der Waals surface area contributed by atoms with E-state index < -0.39 is 0 Å². The molecule has 0 amide bonds. The highest BCUT2D eigenvalue weighted by Crippen LogP contribution is 2.45. The van der Waals surface area contributed by atoms with E-state index in [1.165, 1.54) is 44.3 Å². The molecule has 1 saturated carbocycles. The highest BCUT2D eigenvalue weighted by Gasteiger charge is 2.44. The largest absolute Gasteiger partial charge is 0.392 e. The number of rotatable bonds is 3. The summed E-state index contributed by atoms with van der Waals surface area (Å²) in [4.78, 5) is 2.55. The van der Waals surface area contributed by atoms with E-state index in [0.717, 1.165) is 12.1 Å². The summed E-state index contributed by atoms with van der Waals surface area (Å²) in [7, 11) is 0. The molecule has 0 atom stereocenters. The Bertz CT molecular complexity index is 370. The van der Waals surface area contributed by atoms with Crippen molar-refractivity contribution in [1.29, 1.82) is 0 Å². The molecular weight excluding hydrogens is 210 g/mol. The smallest absolute Gasteiger partial charge is 0.0681 e. The lowest BCUT2D eigenvalue weighted by molar-refractivity contribution is -0.000252. The van der Waals surface area contributed by atoms with Gasteiger partial charge in [-0.05, 0) is 29.4 Å². The lowest BCUT2D eigenvalue weighted by Gasteiger charge is -2.48. The third kappa shape index (κ3) is 2.24. The minimum absolute atomic E-state index is 0.146. The SMILES string of the molecule is OCc1ccc(CN2CC3(CCCC3)C2)cc1. The van der Waals surface area contributed by atoms with Gasteiger partial charge in [-0.3, -0.25) is 4.90 Å². The van der Waals surface area contributed by atoms with Crippen molar-refractivity contribution in [3.63, 3.8) is 0 Å². The van der Waals surface area contributed by atoms with Gasteiger partial charge in [-0.1, -0.05) is 37.1 Å². The lowest BCUT2D eigenvalue weighted by Crippen LogP contribution is -2.54. The molecule has 17 heavy (non-hydrogen) atoms. The van der Waals surface area contributed by atoms with E-state index in [1.807, 2.05) is 12.1 Å². The Morgan fingerprint density at radius 2 is 1.59 bits per heavy atom. The zero-order chi connectivity index (χ0) is 11.7. The van der Waals surface area contributed by atoms with Crippen molar-refractivity contribution >= 4 is 0 Å². The van der Waals surface area contributed by atoms with Crippen LogP contribution in [0.4, 0.5) is 0 Å². The van der Waals surface area contributed by atoms with Gasteiger partial charge in [-0.15, -0.1) is 0 Å². The fourth-order valence-electron chi connectivity index (χ4n) is 3.46. The van der Waals surface area contributed by atoms with E-state index in [9.17, 15) is 0 Å². The summed E-state index contributed by atoms with van der Waals surface area (Å²) in [6, 6.07) is 8.34. The second-order valence-corrected chi connectivity index (χ2v) is 5.83. The molecule has 1 spiro atoms. The van der Waals surface area contributed by atoms with Gasteiger partial charge < -0.3 is 5.11 Å². The minimum Gasteiger partial charge on any atom is -0.392 e. The van der Waals surface area contributed by atoms with Gasteiger partial charge in [0.25, 0.3) is 0 Å². The first-order valence-electron chi connectivity index (χ1n) is 6.71. The van der Waals surface area contributed by atoms with Gasteiger partial charge in [-0.25, -0.2) is 0 Å². The van der Waals surface area contributed by atoms with Gasteiger partial charge in [0.05, 0.1) is 6.61 Å². The average Bonchev–Trinajstić information content (AvgIpc) is 2.79. The molecule has 1 heterocycles. The molecule has 2 nitrogen and oxygen atoms in total. The van der Waals surface area contributed by atoms with Crippen molar-refractivity contribution in [1.82, 2.24) is 4.90 Å². The molecule has 2 fully saturated rings. The molecule has 0 radical (unpaired) electrons. The second kappa shape index (κ2) is 4.43. The van der Waals surface area contributed by atoms with Crippen LogP contribution < -0.4 is 0 Å². The summed E-state index contributed by atoms with van der Waals surface area (Å²) in [5, 5.41) is 9.00. The molecule has 1 N–H and O–H groups in total. The third-order valence-corrected chi connectivity index (χ3v) is 4.39. The second-order valence-electron chi connectivity index (χ2n) is 5.83. The van der Waals surface area contributed by atoms with Crippen molar-refractivity contribution in [2.45, 2.75) is 38.8 Å². The first-order valence-corrected chi connectivity index (χ1v) is 6.71. The maximum Gasteiger partial charge on any atom is 0.0681 e. The van der Waals surface area contributed by atoms with Crippen LogP contribution in [0.3, 0.4) is 0 Å². The van der Waals surface area contributed by atoms with Crippen LogP contribution in [0, 0.1) is 5.41 Å². The molecule has 1 aromatic carbocycles. The summed E-state index contributed by atoms with van der Waals surface area (Å²) < 4.78 is 0. The molecule has 0 bridgehead atoms. The predicted octanol–water partition coefficient (Wildman–Crippen LogP) is 2.55. The predicted molar refractivity (Wildman–Crippen MR) is 68.5 cm³/mol. The van der Waals surface area contributed by atoms with Gasteiger partial charge in [0.15, 0.2) is 0 Å². The van der Waals surface area contributed by atoms with Crippen molar-refractivity contribution in [2.24, 2.45) is 5.41 Å². The van der Waals surface area contributed by atoms with E-state index >= 15 is 0 Å². The summed E-state index contributed by atoms with van der Waals surface area (Å²) in [5.74, 6) is 0. The molecule has 1 aromatic rings. The zero-order valence-electron chi connectivity index (χ0n) is 10.4. The maximum absolute atomic E-state index is 9.00. The van der Waals surface area contributed by atoms with Crippen LogP contribution in [-0.2, 0) is 13.2 Å². The van der Waals surface area contributed by atoms with Crippen LogP contribution >= 0.6 is 0 Å². The third-order valence-electron chi connectivity index (χ3n) is 4.39. The summed E-state index contributed by atoms with van der Waals surface area (Å²) in [5.41, 5.74) is 3.07. The Balaban J connectivity index is 1.54. The summed E-state index contributed by atoms with van der Waals surface area (Å²) in [6.45, 7) is 3.82. The topological polar surface area (TPSA) is 23.5 Å². The van der Waals surface area contributed by atoms with Gasteiger partial charge in [0.1, 0.15) is 0 Å². The number of hydrogen-bond acceptors (Lipinski definition) is 2. The van der Waals surface area contributed by atoms with Gasteiger partial charge in [0.2, 0.25) is 0 Å². The molecule has 0 unspecified atom stereocenters. The quantitative estimate of drug-likeness (QED) is 0.864. The Morgan fingerprint density at radius 3 is 2.18 bits per heavy atom.